The first-order valence-corrected chi connectivity index (χ1v) is 7.90. The van der Waals surface area contributed by atoms with Crippen molar-refractivity contribution in [2.75, 3.05) is 5.73 Å². The third kappa shape index (κ3) is 3.13. The number of halogens is 1. The summed E-state index contributed by atoms with van der Waals surface area (Å²) in [5.41, 5.74) is 3.80. The lowest BCUT2D eigenvalue weighted by Gasteiger charge is -2.25. The average Bonchev–Trinajstić information content (AvgIpc) is 2.72. The molecule has 1 saturated carbocycles. The molecule has 0 unspecified atom stereocenters. The first kappa shape index (κ1) is 15.6. The highest BCUT2D eigenvalue weighted by Gasteiger charge is 2.36. The maximum Gasteiger partial charge on any atom is 0.274 e. The van der Waals surface area contributed by atoms with Crippen molar-refractivity contribution >= 4 is 21.4 Å². The van der Waals surface area contributed by atoms with E-state index < -0.39 is 42.6 Å². The smallest absolute Gasteiger partial charge is 0.274 e. The second-order valence-electron chi connectivity index (χ2n) is 5.48. The van der Waals surface area contributed by atoms with E-state index in [1.807, 2.05) is 0 Å². The molecule has 0 aliphatic heterocycles. The summed E-state index contributed by atoms with van der Waals surface area (Å²) >= 11 is 0. The molecule has 0 aromatic heterocycles. The molecule has 21 heavy (non-hydrogen) atoms. The van der Waals surface area contributed by atoms with E-state index in [0.717, 1.165) is 18.9 Å². The van der Waals surface area contributed by atoms with Gasteiger partial charge < -0.3 is 5.73 Å². The van der Waals surface area contributed by atoms with E-state index in [1.54, 1.807) is 6.92 Å². The normalized spacial score (nSPS) is 17.8. The van der Waals surface area contributed by atoms with Crippen molar-refractivity contribution in [3.63, 3.8) is 0 Å². The summed E-state index contributed by atoms with van der Waals surface area (Å²) < 4.78 is 41.1. The fourth-order valence-electron chi connectivity index (χ4n) is 2.62. The quantitative estimate of drug-likeness (QED) is 0.500. The minimum absolute atomic E-state index is 0.476. The van der Waals surface area contributed by atoms with Gasteiger partial charge in [0.05, 0.1) is 16.7 Å². The Balaban J connectivity index is 2.43. The molecule has 0 radical (unpaired) electrons. The summed E-state index contributed by atoms with van der Waals surface area (Å²) in [4.78, 5) is 9.05. The van der Waals surface area contributed by atoms with E-state index in [4.69, 9.17) is 5.73 Å². The number of nitrogen functional groups attached to an aromatic ring is 1. The van der Waals surface area contributed by atoms with E-state index in [-0.39, 0.29) is 0 Å². The van der Waals surface area contributed by atoms with E-state index in [9.17, 15) is 22.9 Å². The van der Waals surface area contributed by atoms with Gasteiger partial charge in [-0.1, -0.05) is 12.8 Å². The lowest BCUT2D eigenvalue weighted by molar-refractivity contribution is -0.385. The lowest BCUT2D eigenvalue weighted by atomic mass is 10.0. The number of sulfonamides is 1. The topological polar surface area (TPSA) is 115 Å². The highest BCUT2D eigenvalue weighted by atomic mass is 32.2. The number of nitro benzene ring substituents is 1. The Hall–Kier alpha value is -1.74. The summed E-state index contributed by atoms with van der Waals surface area (Å²) in [5, 5.41) is 10.6. The number of nitrogens with zero attached hydrogens (tertiary/aromatic N) is 1. The fourth-order valence-corrected chi connectivity index (χ4v) is 4.26. The number of benzene rings is 1. The number of hydrogen-bond acceptors (Lipinski definition) is 5. The maximum absolute atomic E-state index is 14.0. The van der Waals surface area contributed by atoms with Gasteiger partial charge in [0.1, 0.15) is 4.90 Å². The van der Waals surface area contributed by atoms with Crippen LogP contribution in [0, 0.1) is 15.9 Å². The monoisotopic (exact) mass is 317 g/mol. The number of non-ortho nitro benzene ring substituents is 1. The largest absolute Gasteiger partial charge is 0.397 e. The van der Waals surface area contributed by atoms with Crippen LogP contribution in [0.5, 0.6) is 0 Å². The minimum atomic E-state index is -4.18. The average molecular weight is 317 g/mol. The van der Waals surface area contributed by atoms with Gasteiger partial charge in [-0.25, -0.2) is 17.5 Å². The van der Waals surface area contributed by atoms with Crippen molar-refractivity contribution in [1.29, 1.82) is 0 Å². The summed E-state index contributed by atoms with van der Waals surface area (Å²) in [5.74, 6) is -1.23. The second kappa shape index (κ2) is 5.23. The molecule has 7 nitrogen and oxygen atoms in total. The zero-order valence-corrected chi connectivity index (χ0v) is 12.2. The molecule has 9 heteroatoms. The fraction of sp³-hybridized carbons (Fsp3) is 0.500. The number of anilines is 1. The van der Waals surface area contributed by atoms with E-state index >= 15 is 0 Å². The SMILES string of the molecule is CC1(NS(=O)(=O)c2c(N)cc([N+](=O)[O-])cc2F)CCCC1. The molecule has 0 amide bonds. The van der Waals surface area contributed by atoms with Gasteiger partial charge in [0.15, 0.2) is 5.82 Å². The molecule has 3 N–H and O–H groups in total. The van der Waals surface area contributed by atoms with E-state index in [1.165, 1.54) is 0 Å². The molecule has 1 aliphatic rings. The predicted molar refractivity (Wildman–Crippen MR) is 74.7 cm³/mol. The van der Waals surface area contributed by atoms with Gasteiger partial charge >= 0.3 is 0 Å². The van der Waals surface area contributed by atoms with Gasteiger partial charge in [0, 0.05) is 11.6 Å². The zero-order valence-electron chi connectivity index (χ0n) is 11.4. The molecular weight excluding hydrogens is 301 g/mol. The molecule has 2 rings (SSSR count). The number of nitro groups is 1. The van der Waals surface area contributed by atoms with Crippen LogP contribution < -0.4 is 10.5 Å². The summed E-state index contributed by atoms with van der Waals surface area (Å²) in [6.45, 7) is 1.75. The Morgan fingerprint density at radius 3 is 2.43 bits per heavy atom. The number of hydrogen-bond donors (Lipinski definition) is 2. The summed E-state index contributed by atoms with van der Waals surface area (Å²) in [6.07, 6.45) is 3.08. The summed E-state index contributed by atoms with van der Waals surface area (Å²) in [6, 6.07) is 1.40. The Morgan fingerprint density at radius 1 is 1.38 bits per heavy atom. The van der Waals surface area contributed by atoms with Crippen LogP contribution in [0.4, 0.5) is 15.8 Å². The van der Waals surface area contributed by atoms with Crippen molar-refractivity contribution in [2.45, 2.75) is 43.0 Å². The molecule has 1 aliphatic carbocycles. The van der Waals surface area contributed by atoms with Gasteiger partial charge in [-0.2, -0.15) is 0 Å². The van der Waals surface area contributed by atoms with Gasteiger partial charge in [-0.15, -0.1) is 0 Å². The second-order valence-corrected chi connectivity index (χ2v) is 7.10. The Morgan fingerprint density at radius 2 is 1.95 bits per heavy atom. The number of nitrogens with two attached hydrogens (primary N) is 1. The highest BCUT2D eigenvalue weighted by Crippen LogP contribution is 2.33. The molecule has 0 saturated heterocycles. The number of rotatable bonds is 4. The van der Waals surface area contributed by atoms with Crippen LogP contribution >= 0.6 is 0 Å². The first-order valence-electron chi connectivity index (χ1n) is 6.42. The standard InChI is InChI=1S/C12H16FN3O4S/c1-12(4-2-3-5-12)15-21(19,20)11-9(13)6-8(16(17)18)7-10(11)14/h6-7,15H,2-5,14H2,1H3. The maximum atomic E-state index is 14.0. The van der Waals surface area contributed by atoms with Crippen molar-refractivity contribution in [3.05, 3.63) is 28.1 Å². The Labute approximate surface area is 121 Å². The van der Waals surface area contributed by atoms with Crippen LogP contribution in [0.1, 0.15) is 32.6 Å². The molecule has 1 aromatic rings. The van der Waals surface area contributed by atoms with Gasteiger partial charge in [0.2, 0.25) is 10.0 Å². The third-order valence-corrected chi connectivity index (χ3v) is 5.35. The van der Waals surface area contributed by atoms with Gasteiger partial charge in [-0.05, 0) is 19.8 Å². The first-order chi connectivity index (χ1) is 9.65. The van der Waals surface area contributed by atoms with Crippen LogP contribution in [-0.2, 0) is 10.0 Å². The summed E-state index contributed by atoms with van der Waals surface area (Å²) in [7, 11) is -4.18. The molecule has 116 valence electrons. The van der Waals surface area contributed by atoms with Crippen LogP contribution in [-0.4, -0.2) is 18.9 Å². The van der Waals surface area contributed by atoms with Crippen LogP contribution in [0.3, 0.4) is 0 Å². The Kier molecular flexibility index (Phi) is 3.89. The van der Waals surface area contributed by atoms with Crippen LogP contribution in [0.2, 0.25) is 0 Å². The minimum Gasteiger partial charge on any atom is -0.397 e. The lowest BCUT2D eigenvalue weighted by Crippen LogP contribution is -2.43. The zero-order chi connectivity index (χ0) is 15.8. The third-order valence-electron chi connectivity index (χ3n) is 3.62. The molecule has 0 atom stereocenters. The van der Waals surface area contributed by atoms with Gasteiger partial charge in [0.25, 0.3) is 5.69 Å². The van der Waals surface area contributed by atoms with Crippen LogP contribution in [0.25, 0.3) is 0 Å². The van der Waals surface area contributed by atoms with Crippen molar-refractivity contribution in [1.82, 2.24) is 4.72 Å². The van der Waals surface area contributed by atoms with Gasteiger partial charge in [-0.3, -0.25) is 10.1 Å². The van der Waals surface area contributed by atoms with E-state index in [2.05, 4.69) is 4.72 Å². The van der Waals surface area contributed by atoms with E-state index in [0.29, 0.717) is 18.9 Å². The van der Waals surface area contributed by atoms with Crippen molar-refractivity contribution in [3.8, 4) is 0 Å². The van der Waals surface area contributed by atoms with Crippen LogP contribution in [0.15, 0.2) is 17.0 Å². The number of nitrogens with one attached hydrogen (secondary N) is 1. The van der Waals surface area contributed by atoms with Crippen molar-refractivity contribution in [2.24, 2.45) is 0 Å². The predicted octanol–water partition coefficient (Wildman–Crippen LogP) is 1.93. The molecule has 0 bridgehead atoms. The molecular formula is C12H16FN3O4S. The highest BCUT2D eigenvalue weighted by molar-refractivity contribution is 7.89. The van der Waals surface area contributed by atoms with Crippen molar-refractivity contribution < 1.29 is 17.7 Å². The molecule has 1 aromatic carbocycles. The molecule has 0 spiro atoms. The molecule has 1 fully saturated rings. The molecule has 0 heterocycles. The Bertz CT molecular complexity index is 661.